The second kappa shape index (κ2) is 6.75. The number of amides is 1. The second-order valence-electron chi connectivity index (χ2n) is 6.69. The van der Waals surface area contributed by atoms with E-state index in [0.717, 1.165) is 25.7 Å². The smallest absolute Gasteiger partial charge is 0.239 e. The van der Waals surface area contributed by atoms with Gasteiger partial charge in [-0.3, -0.25) is 4.79 Å². The molecule has 3 N–H and O–H groups in total. The number of hydrazine groups is 1. The van der Waals surface area contributed by atoms with Crippen LogP contribution in [-0.2, 0) is 11.2 Å². The Morgan fingerprint density at radius 3 is 2.67 bits per heavy atom. The van der Waals surface area contributed by atoms with E-state index in [1.807, 2.05) is 18.2 Å². The predicted molar refractivity (Wildman–Crippen MR) is 94.1 cm³/mol. The molecule has 24 heavy (non-hydrogen) atoms. The molecule has 124 valence electrons. The lowest BCUT2D eigenvalue weighted by Gasteiger charge is -2.27. The van der Waals surface area contributed by atoms with Crippen molar-refractivity contribution in [2.45, 2.75) is 43.8 Å². The van der Waals surface area contributed by atoms with Crippen LogP contribution in [0.25, 0.3) is 0 Å². The zero-order valence-corrected chi connectivity index (χ0v) is 13.7. The highest BCUT2D eigenvalue weighted by atomic mass is 16.2. The number of hydrogen-bond donors (Lipinski definition) is 3. The average molecular weight is 321 g/mol. The van der Waals surface area contributed by atoms with E-state index >= 15 is 0 Å². The summed E-state index contributed by atoms with van der Waals surface area (Å²) in [4.78, 5) is 12.7. The minimum atomic E-state index is -0.190. The van der Waals surface area contributed by atoms with E-state index in [2.05, 4.69) is 52.6 Å². The fourth-order valence-corrected chi connectivity index (χ4v) is 3.81. The van der Waals surface area contributed by atoms with Crippen molar-refractivity contribution < 1.29 is 4.79 Å². The highest BCUT2D eigenvalue weighted by Crippen LogP contribution is 2.30. The molecule has 4 rings (SSSR count). The summed E-state index contributed by atoms with van der Waals surface area (Å²) < 4.78 is 0. The normalized spacial score (nSPS) is 25.9. The number of rotatable bonds is 3. The van der Waals surface area contributed by atoms with Gasteiger partial charge in [0, 0.05) is 6.04 Å². The van der Waals surface area contributed by atoms with E-state index in [1.165, 1.54) is 16.7 Å². The molecule has 0 radical (unpaired) electrons. The van der Waals surface area contributed by atoms with Crippen molar-refractivity contribution >= 4 is 5.91 Å². The molecule has 1 saturated heterocycles. The van der Waals surface area contributed by atoms with Gasteiger partial charge in [0.1, 0.15) is 6.04 Å². The summed E-state index contributed by atoms with van der Waals surface area (Å²) in [5.74, 6) is 0.0858. The van der Waals surface area contributed by atoms with Crippen LogP contribution < -0.4 is 16.2 Å². The molecule has 1 amide bonds. The van der Waals surface area contributed by atoms with Crippen molar-refractivity contribution in [3.05, 3.63) is 71.3 Å². The molecule has 2 aromatic carbocycles. The van der Waals surface area contributed by atoms with Crippen molar-refractivity contribution in [3.63, 3.8) is 0 Å². The van der Waals surface area contributed by atoms with Gasteiger partial charge in [0.2, 0.25) is 5.91 Å². The van der Waals surface area contributed by atoms with E-state index in [0.29, 0.717) is 0 Å². The van der Waals surface area contributed by atoms with Gasteiger partial charge < -0.3 is 5.32 Å². The average Bonchev–Trinajstić information content (AvgIpc) is 3.13. The molecular formula is C20H23N3O. The summed E-state index contributed by atoms with van der Waals surface area (Å²) in [5, 5.41) is 3.25. The van der Waals surface area contributed by atoms with Gasteiger partial charge >= 0.3 is 0 Å². The molecule has 4 nitrogen and oxygen atoms in total. The maximum atomic E-state index is 12.7. The number of carbonyl (C=O) groups is 1. The molecule has 1 aliphatic carbocycles. The van der Waals surface area contributed by atoms with Crippen LogP contribution in [0.3, 0.4) is 0 Å². The zero-order valence-electron chi connectivity index (χ0n) is 13.7. The Balaban J connectivity index is 1.41. The van der Waals surface area contributed by atoms with Gasteiger partial charge in [0.05, 0.1) is 6.04 Å². The van der Waals surface area contributed by atoms with Crippen LogP contribution in [0.2, 0.25) is 0 Å². The quantitative estimate of drug-likeness (QED) is 0.815. The maximum Gasteiger partial charge on any atom is 0.239 e. The van der Waals surface area contributed by atoms with E-state index in [-0.39, 0.29) is 24.0 Å². The Morgan fingerprint density at radius 1 is 1.00 bits per heavy atom. The van der Waals surface area contributed by atoms with Crippen molar-refractivity contribution in [2.24, 2.45) is 0 Å². The summed E-state index contributed by atoms with van der Waals surface area (Å²) in [6, 6.07) is 18.9. The van der Waals surface area contributed by atoms with Crippen LogP contribution in [-0.4, -0.2) is 11.9 Å². The van der Waals surface area contributed by atoms with Crippen molar-refractivity contribution in [3.8, 4) is 0 Å². The minimum absolute atomic E-state index is 0.0858. The summed E-state index contributed by atoms with van der Waals surface area (Å²) >= 11 is 0. The van der Waals surface area contributed by atoms with E-state index in [4.69, 9.17) is 0 Å². The van der Waals surface area contributed by atoms with Gasteiger partial charge in [-0.25, -0.2) is 10.9 Å². The van der Waals surface area contributed by atoms with Crippen LogP contribution >= 0.6 is 0 Å². The Kier molecular flexibility index (Phi) is 4.32. The van der Waals surface area contributed by atoms with Crippen molar-refractivity contribution in [1.82, 2.24) is 16.2 Å². The molecule has 4 heteroatoms. The van der Waals surface area contributed by atoms with Gasteiger partial charge in [-0.05, 0) is 42.4 Å². The fraction of sp³-hybridized carbons (Fsp3) is 0.350. The topological polar surface area (TPSA) is 53.2 Å². The fourth-order valence-electron chi connectivity index (χ4n) is 3.81. The first-order valence-electron chi connectivity index (χ1n) is 8.75. The summed E-state index contributed by atoms with van der Waals surface area (Å²) in [6.07, 6.45) is 4.03. The first kappa shape index (κ1) is 15.4. The Morgan fingerprint density at radius 2 is 1.79 bits per heavy atom. The van der Waals surface area contributed by atoms with Gasteiger partial charge in [-0.1, -0.05) is 54.6 Å². The molecule has 1 heterocycles. The summed E-state index contributed by atoms with van der Waals surface area (Å²) in [7, 11) is 0. The number of benzene rings is 2. The molecule has 0 aromatic heterocycles. The molecule has 3 atom stereocenters. The van der Waals surface area contributed by atoms with E-state index in [9.17, 15) is 4.79 Å². The summed E-state index contributed by atoms with van der Waals surface area (Å²) in [6.45, 7) is 0. The van der Waals surface area contributed by atoms with Gasteiger partial charge in [-0.2, -0.15) is 0 Å². The molecule has 1 aliphatic heterocycles. The van der Waals surface area contributed by atoms with E-state index < -0.39 is 0 Å². The van der Waals surface area contributed by atoms with Crippen molar-refractivity contribution in [2.75, 3.05) is 0 Å². The second-order valence-corrected chi connectivity index (χ2v) is 6.69. The van der Waals surface area contributed by atoms with Crippen LogP contribution in [0.4, 0.5) is 0 Å². The molecule has 0 spiro atoms. The number of carbonyl (C=O) groups excluding carboxylic acids is 1. The maximum absolute atomic E-state index is 12.7. The van der Waals surface area contributed by atoms with Gasteiger partial charge in [0.15, 0.2) is 0 Å². The number of aryl methyl sites for hydroxylation is 1. The molecule has 0 saturated carbocycles. The highest BCUT2D eigenvalue weighted by molar-refractivity contribution is 5.82. The first-order valence-corrected chi connectivity index (χ1v) is 8.75. The Labute approximate surface area is 142 Å². The SMILES string of the molecule is O=C(NC1CCCc2ccccc21)C1CC(c2ccccc2)NN1. The largest absolute Gasteiger partial charge is 0.348 e. The molecule has 3 unspecified atom stereocenters. The lowest BCUT2D eigenvalue weighted by Crippen LogP contribution is -2.44. The van der Waals surface area contributed by atoms with Crippen molar-refractivity contribution in [1.29, 1.82) is 0 Å². The lowest BCUT2D eigenvalue weighted by atomic mass is 9.87. The van der Waals surface area contributed by atoms with Crippen LogP contribution in [0.1, 0.15) is 48.0 Å². The van der Waals surface area contributed by atoms with E-state index in [1.54, 1.807) is 0 Å². The van der Waals surface area contributed by atoms with Crippen LogP contribution in [0, 0.1) is 0 Å². The molecule has 1 fully saturated rings. The van der Waals surface area contributed by atoms with Gasteiger partial charge in [0.25, 0.3) is 0 Å². The minimum Gasteiger partial charge on any atom is -0.348 e. The molecule has 0 bridgehead atoms. The standard InChI is InChI=1S/C20H23N3O/c24-20(19-13-18(22-23-19)15-8-2-1-3-9-15)21-17-12-6-10-14-7-4-5-11-16(14)17/h1-5,7-9,11,17-19,22-23H,6,10,12-13H2,(H,21,24). The molecule has 2 aromatic rings. The third-order valence-electron chi connectivity index (χ3n) is 5.11. The Hall–Kier alpha value is -2.17. The monoisotopic (exact) mass is 321 g/mol. The third-order valence-corrected chi connectivity index (χ3v) is 5.11. The molecule has 2 aliphatic rings. The van der Waals surface area contributed by atoms with Crippen LogP contribution in [0.5, 0.6) is 0 Å². The van der Waals surface area contributed by atoms with Gasteiger partial charge in [-0.15, -0.1) is 0 Å². The zero-order chi connectivity index (χ0) is 16.4. The number of hydrogen-bond acceptors (Lipinski definition) is 3. The first-order chi connectivity index (χ1) is 11.8. The Bertz CT molecular complexity index is 716. The molecular weight excluding hydrogens is 298 g/mol. The highest BCUT2D eigenvalue weighted by Gasteiger charge is 2.32. The predicted octanol–water partition coefficient (Wildman–Crippen LogP) is 2.79. The number of fused-ring (bicyclic) bond motifs is 1. The lowest BCUT2D eigenvalue weighted by molar-refractivity contribution is -0.123. The number of nitrogens with one attached hydrogen (secondary N) is 3. The van der Waals surface area contributed by atoms with Crippen LogP contribution in [0.15, 0.2) is 54.6 Å². The third kappa shape index (κ3) is 3.07. The summed E-state index contributed by atoms with van der Waals surface area (Å²) in [5.41, 5.74) is 10.3.